The molecular weight excluding hydrogens is 340 g/mol. The Morgan fingerprint density at radius 3 is 2.59 bits per heavy atom. The van der Waals surface area contributed by atoms with Gasteiger partial charge in [-0.05, 0) is 31.7 Å². The van der Waals surface area contributed by atoms with Crippen molar-refractivity contribution in [1.82, 2.24) is 20.4 Å². The SMILES string of the molecule is C[C@H]1CNCCN1CC(=O)N1CCC(NC(=O)CCc2ccccc2)CC1. The van der Waals surface area contributed by atoms with E-state index in [4.69, 9.17) is 0 Å². The van der Waals surface area contributed by atoms with E-state index < -0.39 is 0 Å². The first kappa shape index (κ1) is 19.8. The summed E-state index contributed by atoms with van der Waals surface area (Å²) in [6, 6.07) is 10.7. The number of piperazine rings is 1. The molecule has 0 aliphatic carbocycles. The van der Waals surface area contributed by atoms with Crippen molar-refractivity contribution in [1.29, 1.82) is 0 Å². The van der Waals surface area contributed by atoms with Crippen LogP contribution in [0, 0.1) is 0 Å². The number of amides is 2. The van der Waals surface area contributed by atoms with Crippen LogP contribution < -0.4 is 10.6 Å². The number of carbonyl (C=O) groups is 2. The molecule has 1 atom stereocenters. The van der Waals surface area contributed by atoms with Crippen molar-refractivity contribution in [2.75, 3.05) is 39.3 Å². The number of carbonyl (C=O) groups excluding carboxylic acids is 2. The summed E-state index contributed by atoms with van der Waals surface area (Å²) in [7, 11) is 0. The molecule has 3 rings (SSSR count). The van der Waals surface area contributed by atoms with Crippen LogP contribution in [0.15, 0.2) is 30.3 Å². The number of piperidine rings is 1. The lowest BCUT2D eigenvalue weighted by Crippen LogP contribution is -2.54. The van der Waals surface area contributed by atoms with Gasteiger partial charge < -0.3 is 15.5 Å². The van der Waals surface area contributed by atoms with Crippen LogP contribution >= 0.6 is 0 Å². The zero-order valence-electron chi connectivity index (χ0n) is 16.3. The number of benzene rings is 1. The van der Waals surface area contributed by atoms with E-state index in [1.54, 1.807) is 0 Å². The third kappa shape index (κ3) is 6.04. The second kappa shape index (κ2) is 9.85. The summed E-state index contributed by atoms with van der Waals surface area (Å²) in [5, 5.41) is 6.50. The van der Waals surface area contributed by atoms with Crippen LogP contribution in [-0.2, 0) is 16.0 Å². The summed E-state index contributed by atoms with van der Waals surface area (Å²) >= 11 is 0. The number of hydrogen-bond donors (Lipinski definition) is 2. The largest absolute Gasteiger partial charge is 0.353 e. The van der Waals surface area contributed by atoms with Gasteiger partial charge in [0.15, 0.2) is 0 Å². The second-order valence-electron chi connectivity index (χ2n) is 7.73. The van der Waals surface area contributed by atoms with Crippen LogP contribution in [0.2, 0.25) is 0 Å². The minimum Gasteiger partial charge on any atom is -0.353 e. The lowest BCUT2D eigenvalue weighted by atomic mass is 10.0. The molecule has 148 valence electrons. The molecule has 2 saturated heterocycles. The molecule has 0 saturated carbocycles. The topological polar surface area (TPSA) is 64.7 Å². The summed E-state index contributed by atoms with van der Waals surface area (Å²) in [5.74, 6) is 0.330. The summed E-state index contributed by atoms with van der Waals surface area (Å²) in [4.78, 5) is 29.0. The fraction of sp³-hybridized carbons (Fsp3) is 0.619. The maximum Gasteiger partial charge on any atom is 0.236 e. The van der Waals surface area contributed by atoms with Crippen molar-refractivity contribution in [2.45, 2.75) is 44.7 Å². The van der Waals surface area contributed by atoms with Crippen molar-refractivity contribution in [3.05, 3.63) is 35.9 Å². The highest BCUT2D eigenvalue weighted by atomic mass is 16.2. The fourth-order valence-corrected chi connectivity index (χ4v) is 3.87. The highest BCUT2D eigenvalue weighted by Crippen LogP contribution is 2.13. The Hall–Kier alpha value is -1.92. The number of likely N-dealkylation sites (tertiary alicyclic amines) is 1. The highest BCUT2D eigenvalue weighted by molar-refractivity contribution is 5.79. The van der Waals surface area contributed by atoms with E-state index in [1.807, 2.05) is 23.1 Å². The fourth-order valence-electron chi connectivity index (χ4n) is 3.87. The number of aryl methyl sites for hydroxylation is 1. The standard InChI is InChI=1S/C21H32N4O2/c1-17-15-22-11-14-25(17)16-21(27)24-12-9-19(10-13-24)23-20(26)8-7-18-5-3-2-4-6-18/h2-6,17,19,22H,7-16H2,1H3,(H,23,26)/t17-/m0/s1. The molecule has 2 aliphatic rings. The van der Waals surface area contributed by atoms with Crippen LogP contribution in [0.3, 0.4) is 0 Å². The Kier molecular flexibility index (Phi) is 7.24. The van der Waals surface area contributed by atoms with Gasteiger partial charge in [-0.15, -0.1) is 0 Å². The molecule has 1 aromatic carbocycles. The van der Waals surface area contributed by atoms with Gasteiger partial charge in [-0.3, -0.25) is 14.5 Å². The molecule has 0 radical (unpaired) electrons. The van der Waals surface area contributed by atoms with Crippen LogP contribution in [0.4, 0.5) is 0 Å². The van der Waals surface area contributed by atoms with Crippen LogP contribution in [0.1, 0.15) is 31.7 Å². The molecule has 6 heteroatoms. The van der Waals surface area contributed by atoms with Crippen molar-refractivity contribution < 1.29 is 9.59 Å². The Balaban J connectivity index is 1.35. The molecule has 2 aliphatic heterocycles. The lowest BCUT2D eigenvalue weighted by Gasteiger charge is -2.37. The van der Waals surface area contributed by atoms with E-state index in [1.165, 1.54) is 5.56 Å². The molecule has 2 heterocycles. The third-order valence-electron chi connectivity index (χ3n) is 5.67. The highest BCUT2D eigenvalue weighted by Gasteiger charge is 2.27. The maximum absolute atomic E-state index is 12.6. The number of nitrogens with zero attached hydrogens (tertiary/aromatic N) is 2. The van der Waals surface area contributed by atoms with Crippen LogP contribution in [-0.4, -0.2) is 73.0 Å². The van der Waals surface area contributed by atoms with E-state index in [-0.39, 0.29) is 17.9 Å². The molecule has 0 unspecified atom stereocenters. The van der Waals surface area contributed by atoms with Crippen LogP contribution in [0.5, 0.6) is 0 Å². The predicted molar refractivity (Wildman–Crippen MR) is 106 cm³/mol. The van der Waals surface area contributed by atoms with E-state index in [0.717, 1.165) is 52.0 Å². The third-order valence-corrected chi connectivity index (χ3v) is 5.67. The summed E-state index contributed by atoms with van der Waals surface area (Å²) in [5.41, 5.74) is 1.19. The van der Waals surface area contributed by atoms with Gasteiger partial charge in [-0.1, -0.05) is 30.3 Å². The normalized spacial score (nSPS) is 21.8. The van der Waals surface area contributed by atoms with Crippen molar-refractivity contribution in [3.63, 3.8) is 0 Å². The number of hydrogen-bond acceptors (Lipinski definition) is 4. The first-order valence-electron chi connectivity index (χ1n) is 10.2. The van der Waals surface area contributed by atoms with Gasteiger partial charge in [-0.2, -0.15) is 0 Å². The molecule has 0 aromatic heterocycles. The molecule has 1 aromatic rings. The van der Waals surface area contributed by atoms with E-state index in [9.17, 15) is 9.59 Å². The zero-order chi connectivity index (χ0) is 19.1. The van der Waals surface area contributed by atoms with Crippen molar-refractivity contribution in [2.24, 2.45) is 0 Å². The maximum atomic E-state index is 12.6. The molecule has 6 nitrogen and oxygen atoms in total. The van der Waals surface area contributed by atoms with Gasteiger partial charge in [0.25, 0.3) is 0 Å². The van der Waals surface area contributed by atoms with E-state index >= 15 is 0 Å². The monoisotopic (exact) mass is 372 g/mol. The molecule has 0 bridgehead atoms. The van der Waals surface area contributed by atoms with Gasteiger partial charge in [0, 0.05) is 51.2 Å². The van der Waals surface area contributed by atoms with Gasteiger partial charge in [0.05, 0.1) is 6.54 Å². The molecular formula is C21H32N4O2. The van der Waals surface area contributed by atoms with Crippen molar-refractivity contribution >= 4 is 11.8 Å². The summed E-state index contributed by atoms with van der Waals surface area (Å²) in [6.07, 6.45) is 2.98. The van der Waals surface area contributed by atoms with Gasteiger partial charge in [-0.25, -0.2) is 0 Å². The van der Waals surface area contributed by atoms with Gasteiger partial charge in [0.2, 0.25) is 11.8 Å². The van der Waals surface area contributed by atoms with Crippen molar-refractivity contribution in [3.8, 4) is 0 Å². The second-order valence-corrected chi connectivity index (χ2v) is 7.73. The number of rotatable bonds is 6. The molecule has 0 spiro atoms. The summed E-state index contributed by atoms with van der Waals surface area (Å²) < 4.78 is 0. The average Bonchev–Trinajstić information content (AvgIpc) is 2.69. The predicted octanol–water partition coefficient (Wildman–Crippen LogP) is 1.02. The Morgan fingerprint density at radius 1 is 1.15 bits per heavy atom. The molecule has 27 heavy (non-hydrogen) atoms. The Bertz CT molecular complexity index is 614. The molecule has 2 fully saturated rings. The Labute approximate surface area is 162 Å². The molecule has 2 amide bonds. The number of nitrogens with one attached hydrogen (secondary N) is 2. The van der Waals surface area contributed by atoms with E-state index in [0.29, 0.717) is 19.0 Å². The molecule has 2 N–H and O–H groups in total. The smallest absolute Gasteiger partial charge is 0.236 e. The minimum absolute atomic E-state index is 0.110. The Morgan fingerprint density at radius 2 is 1.89 bits per heavy atom. The quantitative estimate of drug-likeness (QED) is 0.783. The first-order chi connectivity index (χ1) is 13.1. The van der Waals surface area contributed by atoms with E-state index in [2.05, 4.69) is 34.6 Å². The zero-order valence-corrected chi connectivity index (χ0v) is 16.3. The van der Waals surface area contributed by atoms with Gasteiger partial charge in [0.1, 0.15) is 0 Å². The average molecular weight is 373 g/mol. The van der Waals surface area contributed by atoms with Crippen LogP contribution in [0.25, 0.3) is 0 Å². The van der Waals surface area contributed by atoms with Gasteiger partial charge >= 0.3 is 0 Å². The minimum atomic E-state index is 0.110. The first-order valence-corrected chi connectivity index (χ1v) is 10.2. The lowest BCUT2D eigenvalue weighted by molar-refractivity contribution is -0.134. The summed E-state index contributed by atoms with van der Waals surface area (Å²) in [6.45, 7) is 6.99.